The maximum atomic E-state index is 11.9. The van der Waals surface area contributed by atoms with Gasteiger partial charge in [-0.1, -0.05) is 72.5 Å². The molecule has 152 valence electrons. The summed E-state index contributed by atoms with van der Waals surface area (Å²) >= 11 is 0. The Morgan fingerprint density at radius 1 is 0.839 bits per heavy atom. The largest absolute Gasteiger partial charge is 0.872 e. The van der Waals surface area contributed by atoms with Gasteiger partial charge >= 0.3 is 0 Å². The quantitative estimate of drug-likeness (QED) is 0.289. The zero-order valence-corrected chi connectivity index (χ0v) is 16.2. The van der Waals surface area contributed by atoms with Gasteiger partial charge in [-0.25, -0.2) is 15.4 Å². The molecular weight excluding hydrogens is 394 g/mol. The fourth-order valence-electron chi connectivity index (χ4n) is 2.92. The Morgan fingerprint density at radius 2 is 1.42 bits per heavy atom. The highest BCUT2D eigenvalue weighted by atomic mass is 16.6. The molecule has 0 saturated carbocycles. The van der Waals surface area contributed by atoms with Crippen molar-refractivity contribution in [2.75, 3.05) is 5.43 Å². The van der Waals surface area contributed by atoms with Gasteiger partial charge in [0.15, 0.2) is 0 Å². The van der Waals surface area contributed by atoms with Gasteiger partial charge in [-0.05, 0) is 11.6 Å². The lowest BCUT2D eigenvalue weighted by Gasteiger charge is -2.10. The van der Waals surface area contributed by atoms with Crippen LogP contribution in [0.25, 0.3) is 22.5 Å². The maximum absolute atomic E-state index is 11.9. The number of aromatic nitrogens is 2. The lowest BCUT2D eigenvalue weighted by molar-refractivity contribution is -0.385. The van der Waals surface area contributed by atoms with Gasteiger partial charge in [-0.15, -0.1) is 0 Å². The highest BCUT2D eigenvalue weighted by Crippen LogP contribution is 2.25. The molecule has 0 aliphatic carbocycles. The van der Waals surface area contributed by atoms with Gasteiger partial charge in [-0.2, -0.15) is 5.10 Å². The van der Waals surface area contributed by atoms with Crippen LogP contribution < -0.4 is 10.5 Å². The molecule has 1 aromatic heterocycles. The van der Waals surface area contributed by atoms with E-state index in [4.69, 9.17) is 0 Å². The predicted molar refractivity (Wildman–Crippen MR) is 117 cm³/mol. The van der Waals surface area contributed by atoms with E-state index >= 15 is 0 Å². The second-order valence-electron chi connectivity index (χ2n) is 6.54. The van der Waals surface area contributed by atoms with Crippen molar-refractivity contribution in [3.8, 4) is 28.3 Å². The van der Waals surface area contributed by atoms with Gasteiger partial charge in [0.25, 0.3) is 5.69 Å². The zero-order chi connectivity index (χ0) is 21.6. The molecule has 0 saturated heterocycles. The molecule has 4 aromatic rings. The highest BCUT2D eigenvalue weighted by molar-refractivity contribution is 5.84. The fourth-order valence-corrected chi connectivity index (χ4v) is 2.92. The molecule has 1 heterocycles. The van der Waals surface area contributed by atoms with Gasteiger partial charge in [0, 0.05) is 23.3 Å². The molecule has 0 aliphatic heterocycles. The van der Waals surface area contributed by atoms with Crippen LogP contribution in [-0.2, 0) is 0 Å². The van der Waals surface area contributed by atoms with Gasteiger partial charge in [-0.3, -0.25) is 10.1 Å². The number of hydrazone groups is 1. The first kappa shape index (κ1) is 19.7. The van der Waals surface area contributed by atoms with E-state index in [0.717, 1.165) is 23.3 Å². The standard InChI is InChI=1S/C23H17N5O3/c29-22-12-11-19(28(30)31)13-18(22)15-24-27-23-25-20(16-7-3-1-4-8-16)14-21(26-23)17-9-5-2-6-10-17/h1-15,29H,(H,25,26,27)/p-1/b24-15+. The van der Waals surface area contributed by atoms with E-state index in [1.54, 1.807) is 0 Å². The third-order valence-electron chi connectivity index (χ3n) is 4.44. The van der Waals surface area contributed by atoms with Crippen LogP contribution in [0.2, 0.25) is 0 Å². The van der Waals surface area contributed by atoms with E-state index < -0.39 is 4.92 Å². The van der Waals surface area contributed by atoms with E-state index in [1.807, 2.05) is 66.7 Å². The predicted octanol–water partition coefficient (Wildman–Crippen LogP) is 4.24. The Hall–Kier alpha value is -4.59. The first-order valence-corrected chi connectivity index (χ1v) is 9.34. The maximum Gasteiger partial charge on any atom is 0.270 e. The third kappa shape index (κ3) is 4.70. The lowest BCUT2D eigenvalue weighted by atomic mass is 10.1. The second kappa shape index (κ2) is 8.83. The first-order chi connectivity index (χ1) is 15.1. The number of non-ortho nitro benzene ring substituents is 1. The summed E-state index contributed by atoms with van der Waals surface area (Å²) in [4.78, 5) is 19.4. The molecule has 0 fully saturated rings. The molecule has 0 unspecified atom stereocenters. The number of anilines is 1. The molecule has 3 aromatic carbocycles. The van der Waals surface area contributed by atoms with Crippen molar-refractivity contribution in [1.82, 2.24) is 9.97 Å². The van der Waals surface area contributed by atoms with Gasteiger partial charge in [0.2, 0.25) is 5.95 Å². The first-order valence-electron chi connectivity index (χ1n) is 9.34. The van der Waals surface area contributed by atoms with Crippen LogP contribution in [0.4, 0.5) is 11.6 Å². The van der Waals surface area contributed by atoms with Crippen LogP contribution >= 0.6 is 0 Å². The smallest absolute Gasteiger partial charge is 0.270 e. The number of hydrogen-bond donors (Lipinski definition) is 1. The minimum atomic E-state index is -0.567. The lowest BCUT2D eigenvalue weighted by Crippen LogP contribution is -2.02. The number of nitro benzene ring substituents is 1. The van der Waals surface area contributed by atoms with Crippen molar-refractivity contribution in [1.29, 1.82) is 0 Å². The summed E-state index contributed by atoms with van der Waals surface area (Å²) < 4.78 is 0. The molecule has 1 N–H and O–H groups in total. The molecule has 0 bridgehead atoms. The van der Waals surface area contributed by atoms with E-state index in [9.17, 15) is 15.2 Å². The van der Waals surface area contributed by atoms with Crippen LogP contribution in [0, 0.1) is 10.1 Å². The van der Waals surface area contributed by atoms with Gasteiger partial charge < -0.3 is 5.11 Å². The summed E-state index contributed by atoms with van der Waals surface area (Å²) in [6.45, 7) is 0. The van der Waals surface area contributed by atoms with Crippen LogP contribution in [0.15, 0.2) is 90.0 Å². The number of rotatable bonds is 6. The van der Waals surface area contributed by atoms with E-state index in [-0.39, 0.29) is 22.9 Å². The summed E-state index contributed by atoms with van der Waals surface area (Å²) in [5, 5.41) is 26.9. The summed E-state index contributed by atoms with van der Waals surface area (Å²) in [5.74, 6) is -0.144. The number of hydrogen-bond acceptors (Lipinski definition) is 7. The molecule has 0 radical (unpaired) electrons. The minimum Gasteiger partial charge on any atom is -0.872 e. The normalized spacial score (nSPS) is 10.8. The zero-order valence-electron chi connectivity index (χ0n) is 16.2. The van der Waals surface area contributed by atoms with Crippen LogP contribution in [0.3, 0.4) is 0 Å². The summed E-state index contributed by atoms with van der Waals surface area (Å²) in [5.41, 5.74) is 5.85. The molecule has 0 spiro atoms. The average Bonchev–Trinajstić information content (AvgIpc) is 2.81. The Kier molecular flexibility index (Phi) is 5.62. The monoisotopic (exact) mass is 410 g/mol. The number of nitrogens with one attached hydrogen (secondary N) is 1. The number of nitrogens with zero attached hydrogens (tertiary/aromatic N) is 4. The highest BCUT2D eigenvalue weighted by Gasteiger charge is 2.09. The molecule has 8 heteroatoms. The molecular formula is C23H16N5O3-. The SMILES string of the molecule is O=[N+]([O-])c1ccc([O-])c(/C=N/Nc2nc(-c3ccccc3)cc(-c3ccccc3)n2)c1. The molecule has 0 amide bonds. The molecule has 0 aliphatic rings. The Balaban J connectivity index is 1.67. The van der Waals surface area contributed by atoms with Gasteiger partial charge in [0.1, 0.15) is 0 Å². The molecule has 31 heavy (non-hydrogen) atoms. The third-order valence-corrected chi connectivity index (χ3v) is 4.44. The van der Waals surface area contributed by atoms with Gasteiger partial charge in [0.05, 0.1) is 22.5 Å². The van der Waals surface area contributed by atoms with Crippen molar-refractivity contribution in [2.24, 2.45) is 5.10 Å². The molecule has 8 nitrogen and oxygen atoms in total. The van der Waals surface area contributed by atoms with E-state index in [1.165, 1.54) is 12.3 Å². The number of nitro groups is 1. The summed E-state index contributed by atoms with van der Waals surface area (Å²) in [7, 11) is 0. The van der Waals surface area contributed by atoms with E-state index in [2.05, 4.69) is 20.5 Å². The second-order valence-corrected chi connectivity index (χ2v) is 6.54. The Labute approximate surface area is 177 Å². The number of benzene rings is 3. The topological polar surface area (TPSA) is 116 Å². The van der Waals surface area contributed by atoms with Crippen molar-refractivity contribution < 1.29 is 10.0 Å². The fraction of sp³-hybridized carbons (Fsp3) is 0. The van der Waals surface area contributed by atoms with Crippen LogP contribution in [0.5, 0.6) is 5.75 Å². The van der Waals surface area contributed by atoms with Crippen molar-refractivity contribution in [3.05, 3.63) is 101 Å². The molecule has 4 rings (SSSR count). The molecule has 0 atom stereocenters. The Bertz CT molecular complexity index is 1190. The van der Waals surface area contributed by atoms with Crippen molar-refractivity contribution >= 4 is 17.9 Å². The average molecular weight is 410 g/mol. The summed E-state index contributed by atoms with van der Waals surface area (Å²) in [6, 6.07) is 24.6. The van der Waals surface area contributed by atoms with E-state index in [0.29, 0.717) is 11.4 Å². The van der Waals surface area contributed by atoms with Crippen molar-refractivity contribution in [2.45, 2.75) is 0 Å². The Morgan fingerprint density at radius 3 is 1.97 bits per heavy atom. The van der Waals surface area contributed by atoms with Crippen molar-refractivity contribution in [3.63, 3.8) is 0 Å². The van der Waals surface area contributed by atoms with Crippen LogP contribution in [0.1, 0.15) is 5.56 Å². The summed E-state index contributed by atoms with van der Waals surface area (Å²) in [6.07, 6.45) is 1.22. The van der Waals surface area contributed by atoms with Crippen LogP contribution in [-0.4, -0.2) is 21.1 Å². The minimum absolute atomic E-state index is 0.0872.